The van der Waals surface area contributed by atoms with E-state index in [1.54, 1.807) is 20.1 Å². The number of likely N-dealkylation sites (tertiary alicyclic amines) is 1. The summed E-state index contributed by atoms with van der Waals surface area (Å²) in [6, 6.07) is 14.7. The third-order valence-corrected chi connectivity index (χ3v) is 7.59. The van der Waals surface area contributed by atoms with E-state index in [2.05, 4.69) is 57.1 Å². The van der Waals surface area contributed by atoms with Crippen LogP contribution in [0.1, 0.15) is 53.4 Å². The molecule has 0 spiro atoms. The van der Waals surface area contributed by atoms with Crippen molar-refractivity contribution >= 4 is 11.6 Å². The molecule has 4 rings (SSSR count). The van der Waals surface area contributed by atoms with Crippen molar-refractivity contribution in [3.8, 4) is 5.75 Å². The number of benzene rings is 1. The first-order chi connectivity index (χ1) is 18.4. The van der Waals surface area contributed by atoms with Crippen LogP contribution in [0.3, 0.4) is 0 Å². The zero-order valence-corrected chi connectivity index (χ0v) is 22.8. The first-order valence-electron chi connectivity index (χ1n) is 13.3. The summed E-state index contributed by atoms with van der Waals surface area (Å²) < 4.78 is 19.4. The Morgan fingerprint density at radius 3 is 2.50 bits per heavy atom. The van der Waals surface area contributed by atoms with Crippen molar-refractivity contribution in [3.05, 3.63) is 83.2 Å². The molecule has 1 atom stereocenters. The van der Waals surface area contributed by atoms with Crippen LogP contribution >= 0.6 is 0 Å². The number of piperidine rings is 1. The quantitative estimate of drug-likeness (QED) is 0.384. The van der Waals surface area contributed by atoms with E-state index in [-0.39, 0.29) is 5.56 Å². The Bertz CT molecular complexity index is 1190. The van der Waals surface area contributed by atoms with Crippen LogP contribution in [0.25, 0.3) is 0 Å². The number of pyridine rings is 2. The van der Waals surface area contributed by atoms with Crippen LogP contribution in [0.5, 0.6) is 5.75 Å². The van der Waals surface area contributed by atoms with Crippen LogP contribution in [-0.4, -0.2) is 59.6 Å². The molecule has 1 saturated heterocycles. The first-order valence-corrected chi connectivity index (χ1v) is 13.3. The predicted molar refractivity (Wildman–Crippen MR) is 148 cm³/mol. The summed E-state index contributed by atoms with van der Waals surface area (Å²) in [5.41, 5.74) is 4.08. The number of methoxy groups -OCH3 is 1. The third kappa shape index (κ3) is 6.67. The van der Waals surface area contributed by atoms with Gasteiger partial charge in [0.1, 0.15) is 5.75 Å². The molecule has 1 fully saturated rings. The highest BCUT2D eigenvalue weighted by Crippen LogP contribution is 2.28. The van der Waals surface area contributed by atoms with Gasteiger partial charge in [-0.2, -0.15) is 4.39 Å². The van der Waals surface area contributed by atoms with Gasteiger partial charge in [-0.1, -0.05) is 6.07 Å². The fourth-order valence-corrected chi connectivity index (χ4v) is 5.15. The lowest BCUT2D eigenvalue weighted by Gasteiger charge is -2.42. The number of carbonyl (C=O) groups is 1. The first kappa shape index (κ1) is 27.5. The lowest BCUT2D eigenvalue weighted by Crippen LogP contribution is -2.48. The average Bonchev–Trinajstić information content (AvgIpc) is 2.93. The van der Waals surface area contributed by atoms with Crippen molar-refractivity contribution in [2.45, 2.75) is 58.7 Å². The minimum absolute atomic E-state index is 0.0303. The van der Waals surface area contributed by atoms with E-state index in [1.807, 2.05) is 24.4 Å². The number of aromatic nitrogens is 2. The summed E-state index contributed by atoms with van der Waals surface area (Å²) in [4.78, 5) is 25.7. The van der Waals surface area contributed by atoms with Gasteiger partial charge in [-0.25, -0.2) is 4.98 Å². The number of aryl methyl sites for hydroxylation is 2. The van der Waals surface area contributed by atoms with Crippen LogP contribution in [-0.2, 0) is 6.54 Å². The molecular weight excluding hydrogens is 481 g/mol. The summed E-state index contributed by atoms with van der Waals surface area (Å²) in [6.07, 6.45) is 6.11. The van der Waals surface area contributed by atoms with Gasteiger partial charge in [0.15, 0.2) is 0 Å². The normalized spacial score (nSPS) is 15.2. The number of hydrogen-bond donors (Lipinski definition) is 1. The summed E-state index contributed by atoms with van der Waals surface area (Å²) in [5, 5.41) is 2.87. The maximum absolute atomic E-state index is 14.0. The Hall–Kier alpha value is -3.52. The van der Waals surface area contributed by atoms with E-state index in [9.17, 15) is 9.18 Å². The number of halogens is 1. The second-order valence-electron chi connectivity index (χ2n) is 10.0. The van der Waals surface area contributed by atoms with Gasteiger partial charge in [0.05, 0.1) is 24.9 Å². The monoisotopic (exact) mass is 519 g/mol. The van der Waals surface area contributed by atoms with Gasteiger partial charge < -0.3 is 19.9 Å². The molecule has 0 radical (unpaired) electrons. The zero-order chi connectivity index (χ0) is 27.1. The van der Waals surface area contributed by atoms with Crippen LogP contribution < -0.4 is 15.0 Å². The molecule has 0 bridgehead atoms. The van der Waals surface area contributed by atoms with Crippen molar-refractivity contribution < 1.29 is 13.9 Å². The molecule has 3 aromatic rings. The highest BCUT2D eigenvalue weighted by atomic mass is 19.1. The molecule has 1 amide bonds. The summed E-state index contributed by atoms with van der Waals surface area (Å²) in [5.74, 6) is -0.279. The Morgan fingerprint density at radius 2 is 1.84 bits per heavy atom. The second-order valence-corrected chi connectivity index (χ2v) is 10.0. The van der Waals surface area contributed by atoms with Gasteiger partial charge in [-0.15, -0.1) is 0 Å². The van der Waals surface area contributed by atoms with Crippen molar-refractivity contribution in [2.75, 3.05) is 31.6 Å². The number of amides is 1. The summed E-state index contributed by atoms with van der Waals surface area (Å²) >= 11 is 0. The second kappa shape index (κ2) is 12.8. The van der Waals surface area contributed by atoms with Crippen molar-refractivity contribution in [1.29, 1.82) is 0 Å². The third-order valence-electron chi connectivity index (χ3n) is 7.59. The molecule has 38 heavy (non-hydrogen) atoms. The summed E-state index contributed by atoms with van der Waals surface area (Å²) in [6.45, 7) is 9.23. The maximum Gasteiger partial charge on any atom is 0.256 e. The Morgan fingerprint density at radius 1 is 1.11 bits per heavy atom. The number of nitrogens with zero attached hydrogens (tertiary/aromatic N) is 4. The van der Waals surface area contributed by atoms with E-state index in [4.69, 9.17) is 4.74 Å². The van der Waals surface area contributed by atoms with Crippen LogP contribution in [0.2, 0.25) is 0 Å². The summed E-state index contributed by atoms with van der Waals surface area (Å²) in [7, 11) is 1.69. The van der Waals surface area contributed by atoms with Gasteiger partial charge in [0.25, 0.3) is 5.91 Å². The maximum atomic E-state index is 14.0. The van der Waals surface area contributed by atoms with Gasteiger partial charge in [-0.3, -0.25) is 9.78 Å². The average molecular weight is 520 g/mol. The van der Waals surface area contributed by atoms with E-state index < -0.39 is 11.9 Å². The molecule has 1 aliphatic rings. The number of nitrogens with one attached hydrogen (secondary N) is 1. The van der Waals surface area contributed by atoms with Crippen LogP contribution in [0.4, 0.5) is 10.1 Å². The lowest BCUT2D eigenvalue weighted by molar-refractivity contribution is 0.0939. The van der Waals surface area contributed by atoms with E-state index >= 15 is 0 Å². The lowest BCUT2D eigenvalue weighted by atomic mass is 9.99. The molecule has 3 heterocycles. The van der Waals surface area contributed by atoms with Crippen molar-refractivity contribution in [1.82, 2.24) is 20.2 Å². The number of carbonyl (C=O) groups excluding carboxylic acids is 1. The highest BCUT2D eigenvalue weighted by Gasteiger charge is 2.28. The molecule has 0 aliphatic carbocycles. The Kier molecular flexibility index (Phi) is 9.29. The smallest absolute Gasteiger partial charge is 0.256 e. The molecule has 1 N–H and O–H groups in total. The number of hydrogen-bond acceptors (Lipinski definition) is 6. The van der Waals surface area contributed by atoms with Crippen LogP contribution in [0.15, 0.2) is 54.9 Å². The highest BCUT2D eigenvalue weighted by molar-refractivity contribution is 5.95. The van der Waals surface area contributed by atoms with Gasteiger partial charge in [-0.05, 0) is 87.6 Å². The molecule has 8 heteroatoms. The van der Waals surface area contributed by atoms with Gasteiger partial charge >= 0.3 is 0 Å². The standard InChI is InChI=1S/C30H38FN5O2/c1-21-6-5-15-32-27(21)20-36(24-7-9-26(38-4)10-8-24)25-13-18-35(19-14-25)23(3)12-17-34-30(37)28-22(2)11-16-33-29(28)31/h5-11,15-16,23,25H,12-14,17-20H2,1-4H3,(H,34,37)/t23-/m1/s1. The molecule has 7 nitrogen and oxygen atoms in total. The van der Waals surface area contributed by atoms with E-state index in [1.165, 1.54) is 17.4 Å². The van der Waals surface area contributed by atoms with Crippen molar-refractivity contribution in [2.24, 2.45) is 0 Å². The predicted octanol–water partition coefficient (Wildman–Crippen LogP) is 4.92. The molecule has 2 aromatic heterocycles. The number of ether oxygens (including phenoxy) is 1. The SMILES string of the molecule is COc1ccc(N(Cc2ncccc2C)C2CCN([C@H](C)CCNC(=O)c3c(C)ccnc3F)CC2)cc1. The zero-order valence-electron chi connectivity index (χ0n) is 22.8. The number of anilines is 1. The largest absolute Gasteiger partial charge is 0.497 e. The Balaban J connectivity index is 1.34. The molecule has 0 unspecified atom stereocenters. The van der Waals surface area contributed by atoms with Crippen LogP contribution in [0, 0.1) is 19.8 Å². The topological polar surface area (TPSA) is 70.6 Å². The minimum atomic E-state index is -0.722. The van der Waals surface area contributed by atoms with Crippen molar-refractivity contribution in [3.63, 3.8) is 0 Å². The molecular formula is C30H38FN5O2. The minimum Gasteiger partial charge on any atom is -0.497 e. The fourth-order valence-electron chi connectivity index (χ4n) is 5.15. The molecule has 1 aromatic carbocycles. The molecule has 0 saturated carbocycles. The Labute approximate surface area is 225 Å². The number of rotatable bonds is 10. The molecule has 202 valence electrons. The fraction of sp³-hybridized carbons (Fsp3) is 0.433. The van der Waals surface area contributed by atoms with Gasteiger partial charge in [0.2, 0.25) is 5.95 Å². The van der Waals surface area contributed by atoms with E-state index in [0.29, 0.717) is 24.2 Å². The van der Waals surface area contributed by atoms with E-state index in [0.717, 1.165) is 50.3 Å². The molecule has 1 aliphatic heterocycles. The van der Waals surface area contributed by atoms with Gasteiger partial charge in [0, 0.05) is 49.8 Å².